The van der Waals surface area contributed by atoms with Crippen LogP contribution in [0.4, 0.5) is 14.5 Å². The Morgan fingerprint density at radius 2 is 1.94 bits per heavy atom. The van der Waals surface area contributed by atoms with Crippen LogP contribution in [0.1, 0.15) is 16.1 Å². The molecule has 1 N–H and O–H groups in total. The van der Waals surface area contributed by atoms with E-state index < -0.39 is 23.2 Å². The molecular formula is C12H9F2NO2. The van der Waals surface area contributed by atoms with Gasteiger partial charge in [-0.15, -0.1) is 0 Å². The number of amides is 1. The molecule has 1 amide bonds. The number of para-hydroxylation sites is 1. The van der Waals surface area contributed by atoms with Gasteiger partial charge in [0, 0.05) is 0 Å². The third kappa shape index (κ3) is 2.33. The van der Waals surface area contributed by atoms with Crippen molar-refractivity contribution < 1.29 is 18.0 Å². The van der Waals surface area contributed by atoms with E-state index in [9.17, 15) is 13.6 Å². The van der Waals surface area contributed by atoms with Gasteiger partial charge in [-0.2, -0.15) is 0 Å². The SMILES string of the molecule is Cc1coc(C(=O)Nc2c(F)cccc2F)c1. The highest BCUT2D eigenvalue weighted by Crippen LogP contribution is 2.19. The van der Waals surface area contributed by atoms with E-state index in [0.717, 1.165) is 17.7 Å². The lowest BCUT2D eigenvalue weighted by Gasteiger charge is -2.05. The summed E-state index contributed by atoms with van der Waals surface area (Å²) in [6, 6.07) is 4.82. The van der Waals surface area contributed by atoms with Crippen LogP contribution in [0, 0.1) is 18.6 Å². The van der Waals surface area contributed by atoms with Crippen molar-refractivity contribution in [2.24, 2.45) is 0 Å². The number of carbonyl (C=O) groups is 1. The summed E-state index contributed by atoms with van der Waals surface area (Å²) in [5, 5.41) is 2.13. The number of nitrogens with one attached hydrogen (secondary N) is 1. The fourth-order valence-corrected chi connectivity index (χ4v) is 1.34. The second-order valence-electron chi connectivity index (χ2n) is 3.54. The highest BCUT2D eigenvalue weighted by atomic mass is 19.1. The predicted octanol–water partition coefficient (Wildman–Crippen LogP) is 3.12. The number of halogens is 2. The predicted molar refractivity (Wildman–Crippen MR) is 57.8 cm³/mol. The van der Waals surface area contributed by atoms with Gasteiger partial charge in [-0.05, 0) is 30.7 Å². The zero-order chi connectivity index (χ0) is 12.4. The van der Waals surface area contributed by atoms with Gasteiger partial charge in [-0.25, -0.2) is 8.78 Å². The lowest BCUT2D eigenvalue weighted by molar-refractivity contribution is 0.0995. The maximum absolute atomic E-state index is 13.2. The van der Waals surface area contributed by atoms with Crippen molar-refractivity contribution in [2.75, 3.05) is 5.32 Å². The van der Waals surface area contributed by atoms with Crippen LogP contribution in [0.25, 0.3) is 0 Å². The summed E-state index contributed by atoms with van der Waals surface area (Å²) in [7, 11) is 0. The summed E-state index contributed by atoms with van der Waals surface area (Å²) in [5.74, 6) is -2.35. The van der Waals surface area contributed by atoms with E-state index in [1.165, 1.54) is 18.4 Å². The van der Waals surface area contributed by atoms with Gasteiger partial charge in [0.25, 0.3) is 5.91 Å². The molecule has 0 fully saturated rings. The van der Waals surface area contributed by atoms with Crippen LogP contribution in [0.15, 0.2) is 34.9 Å². The van der Waals surface area contributed by atoms with E-state index in [1.807, 2.05) is 0 Å². The first-order chi connectivity index (χ1) is 8.08. The van der Waals surface area contributed by atoms with Crippen molar-refractivity contribution in [1.82, 2.24) is 0 Å². The van der Waals surface area contributed by atoms with E-state index in [1.54, 1.807) is 6.92 Å². The molecule has 1 aromatic heterocycles. The molecule has 2 aromatic rings. The molecule has 17 heavy (non-hydrogen) atoms. The number of hydrogen-bond acceptors (Lipinski definition) is 2. The molecule has 0 saturated carbocycles. The van der Waals surface area contributed by atoms with E-state index in [2.05, 4.69) is 5.32 Å². The van der Waals surface area contributed by atoms with E-state index in [4.69, 9.17) is 4.42 Å². The topological polar surface area (TPSA) is 42.2 Å². The Balaban J connectivity index is 2.24. The lowest BCUT2D eigenvalue weighted by atomic mass is 10.2. The second-order valence-corrected chi connectivity index (χ2v) is 3.54. The number of benzene rings is 1. The Hall–Kier alpha value is -2.17. The molecule has 0 aliphatic rings. The molecule has 3 nitrogen and oxygen atoms in total. The highest BCUT2D eigenvalue weighted by Gasteiger charge is 2.15. The molecule has 1 heterocycles. The third-order valence-electron chi connectivity index (χ3n) is 2.16. The molecule has 0 saturated heterocycles. The van der Waals surface area contributed by atoms with Crippen LogP contribution in [0.5, 0.6) is 0 Å². The van der Waals surface area contributed by atoms with Crippen molar-refractivity contribution >= 4 is 11.6 Å². The fourth-order valence-electron chi connectivity index (χ4n) is 1.34. The minimum absolute atomic E-state index is 0.00477. The maximum atomic E-state index is 13.2. The monoisotopic (exact) mass is 237 g/mol. The first-order valence-electron chi connectivity index (χ1n) is 4.88. The Morgan fingerprint density at radius 1 is 1.29 bits per heavy atom. The lowest BCUT2D eigenvalue weighted by Crippen LogP contribution is -2.13. The number of anilines is 1. The van der Waals surface area contributed by atoms with E-state index >= 15 is 0 Å². The first-order valence-corrected chi connectivity index (χ1v) is 4.88. The zero-order valence-corrected chi connectivity index (χ0v) is 8.96. The van der Waals surface area contributed by atoms with Crippen LogP contribution in [0.3, 0.4) is 0 Å². The summed E-state index contributed by atoms with van der Waals surface area (Å²) >= 11 is 0. The van der Waals surface area contributed by atoms with Crippen molar-refractivity contribution in [1.29, 1.82) is 0 Å². The smallest absolute Gasteiger partial charge is 0.291 e. The molecule has 0 spiro atoms. The molecular weight excluding hydrogens is 228 g/mol. The quantitative estimate of drug-likeness (QED) is 0.871. The average Bonchev–Trinajstić information content (AvgIpc) is 2.70. The van der Waals surface area contributed by atoms with Crippen LogP contribution in [0.2, 0.25) is 0 Å². The third-order valence-corrected chi connectivity index (χ3v) is 2.16. The Kier molecular flexibility index (Phi) is 2.91. The van der Waals surface area contributed by atoms with Crippen molar-refractivity contribution in [3.05, 3.63) is 53.5 Å². The number of carbonyl (C=O) groups excluding carboxylic acids is 1. The number of furan rings is 1. The zero-order valence-electron chi connectivity index (χ0n) is 8.96. The van der Waals surface area contributed by atoms with Gasteiger partial charge in [0.2, 0.25) is 0 Å². The molecule has 0 aliphatic heterocycles. The minimum atomic E-state index is -0.832. The largest absolute Gasteiger partial charge is 0.459 e. The Labute approximate surface area is 96.1 Å². The maximum Gasteiger partial charge on any atom is 0.291 e. The second kappa shape index (κ2) is 4.37. The van der Waals surface area contributed by atoms with Gasteiger partial charge in [0.1, 0.15) is 17.3 Å². The van der Waals surface area contributed by atoms with Gasteiger partial charge in [-0.3, -0.25) is 4.79 Å². The standard InChI is InChI=1S/C12H9F2NO2/c1-7-5-10(17-6-7)12(16)15-11-8(13)3-2-4-9(11)14/h2-6H,1H3,(H,15,16). The first kappa shape index (κ1) is 11.3. The molecule has 88 valence electrons. The Bertz CT molecular complexity index is 543. The average molecular weight is 237 g/mol. The van der Waals surface area contributed by atoms with Crippen molar-refractivity contribution in [2.45, 2.75) is 6.92 Å². The summed E-state index contributed by atoms with van der Waals surface area (Å²) in [6.45, 7) is 1.74. The molecule has 0 radical (unpaired) electrons. The van der Waals surface area contributed by atoms with Crippen LogP contribution >= 0.6 is 0 Å². The summed E-state index contributed by atoms with van der Waals surface area (Å²) in [5.41, 5.74) is 0.274. The number of rotatable bonds is 2. The normalized spacial score (nSPS) is 10.3. The molecule has 2 rings (SSSR count). The summed E-state index contributed by atoms with van der Waals surface area (Å²) < 4.78 is 31.4. The fraction of sp³-hybridized carbons (Fsp3) is 0.0833. The minimum Gasteiger partial charge on any atom is -0.459 e. The van der Waals surface area contributed by atoms with E-state index in [0.29, 0.717) is 0 Å². The summed E-state index contributed by atoms with van der Waals surface area (Å²) in [4.78, 5) is 11.6. The van der Waals surface area contributed by atoms with Crippen molar-refractivity contribution in [3.8, 4) is 0 Å². The van der Waals surface area contributed by atoms with Crippen LogP contribution in [-0.2, 0) is 0 Å². The van der Waals surface area contributed by atoms with Gasteiger partial charge in [-0.1, -0.05) is 6.07 Å². The van der Waals surface area contributed by atoms with E-state index in [-0.39, 0.29) is 5.76 Å². The Morgan fingerprint density at radius 3 is 2.47 bits per heavy atom. The van der Waals surface area contributed by atoms with Gasteiger partial charge < -0.3 is 9.73 Å². The van der Waals surface area contributed by atoms with Gasteiger partial charge in [0.15, 0.2) is 5.76 Å². The van der Waals surface area contributed by atoms with Crippen LogP contribution in [-0.4, -0.2) is 5.91 Å². The molecule has 0 atom stereocenters. The van der Waals surface area contributed by atoms with Crippen LogP contribution < -0.4 is 5.32 Å². The molecule has 5 heteroatoms. The number of hydrogen-bond donors (Lipinski definition) is 1. The molecule has 1 aromatic carbocycles. The summed E-state index contributed by atoms with van der Waals surface area (Å²) in [6.07, 6.45) is 1.38. The van der Waals surface area contributed by atoms with Gasteiger partial charge >= 0.3 is 0 Å². The number of aryl methyl sites for hydroxylation is 1. The highest BCUT2D eigenvalue weighted by molar-refractivity contribution is 6.02. The van der Waals surface area contributed by atoms with Gasteiger partial charge in [0.05, 0.1) is 6.26 Å². The van der Waals surface area contributed by atoms with Crippen molar-refractivity contribution in [3.63, 3.8) is 0 Å². The molecule has 0 unspecified atom stereocenters. The molecule has 0 bridgehead atoms. The molecule has 0 aliphatic carbocycles.